The maximum Gasteiger partial charge on any atom is 0.573 e. The lowest BCUT2D eigenvalue weighted by Gasteiger charge is -2.23. The maximum absolute atomic E-state index is 12.6. The highest BCUT2D eigenvalue weighted by molar-refractivity contribution is 7.91. The molecule has 0 aromatic heterocycles. The van der Waals surface area contributed by atoms with Gasteiger partial charge in [-0.1, -0.05) is 13.8 Å². The van der Waals surface area contributed by atoms with Crippen LogP contribution in [0.5, 0.6) is 17.2 Å². The molecule has 0 aliphatic rings. The molecule has 0 saturated carbocycles. The molecule has 30 heavy (non-hydrogen) atoms. The predicted octanol–water partition coefficient (Wildman–Crippen LogP) is 4.07. The highest BCUT2D eigenvalue weighted by Crippen LogP contribution is 2.30. The van der Waals surface area contributed by atoms with E-state index in [2.05, 4.69) is 4.74 Å². The standard InChI is InChI=1S/C19H20F3NO6S/c1-18(2,11-17(24)23-25)12-30(26,27)16-9-7-14(8-10-16)28-13-3-5-15(6-4-13)29-19(20,21)22/h3-10,25H,11-12H2,1-2H3,(H,23,24). The Kier molecular flexibility index (Phi) is 6.99. The van der Waals surface area contributed by atoms with Crippen molar-refractivity contribution in [3.8, 4) is 17.2 Å². The number of hydroxylamine groups is 1. The van der Waals surface area contributed by atoms with Crippen LogP contribution in [0.15, 0.2) is 53.4 Å². The first-order valence-corrected chi connectivity index (χ1v) is 10.2. The number of halogens is 3. The lowest BCUT2D eigenvalue weighted by molar-refractivity contribution is -0.274. The highest BCUT2D eigenvalue weighted by Gasteiger charge is 2.31. The molecule has 11 heteroatoms. The molecule has 0 unspecified atom stereocenters. The summed E-state index contributed by atoms with van der Waals surface area (Å²) in [6.45, 7) is 3.17. The smallest absolute Gasteiger partial charge is 0.457 e. The number of hydrogen-bond acceptors (Lipinski definition) is 6. The zero-order valence-electron chi connectivity index (χ0n) is 16.1. The Morgan fingerprint density at radius 3 is 1.90 bits per heavy atom. The summed E-state index contributed by atoms with van der Waals surface area (Å²) in [5.41, 5.74) is 0.562. The first-order valence-electron chi connectivity index (χ1n) is 8.59. The third kappa shape index (κ3) is 7.23. The predicted molar refractivity (Wildman–Crippen MR) is 100 cm³/mol. The summed E-state index contributed by atoms with van der Waals surface area (Å²) in [6, 6.07) is 10.2. The number of carbonyl (C=O) groups excluding carboxylic acids is 1. The average molecular weight is 447 g/mol. The van der Waals surface area contributed by atoms with Crippen LogP contribution in [0.4, 0.5) is 13.2 Å². The van der Waals surface area contributed by atoms with Gasteiger partial charge >= 0.3 is 6.36 Å². The molecule has 0 heterocycles. The molecule has 164 valence electrons. The molecule has 7 nitrogen and oxygen atoms in total. The molecule has 1 amide bonds. The number of hydrogen-bond donors (Lipinski definition) is 2. The molecule has 2 rings (SSSR count). The number of carbonyl (C=O) groups is 1. The first-order chi connectivity index (χ1) is 13.8. The van der Waals surface area contributed by atoms with Crippen LogP contribution in [0.1, 0.15) is 20.3 Å². The summed E-state index contributed by atoms with van der Waals surface area (Å²) < 4.78 is 71.0. The molecule has 0 saturated heterocycles. The number of rotatable bonds is 8. The van der Waals surface area contributed by atoms with Crippen LogP contribution in [0.3, 0.4) is 0 Å². The molecule has 0 atom stereocenters. The van der Waals surface area contributed by atoms with Crippen LogP contribution in [0.25, 0.3) is 0 Å². The van der Waals surface area contributed by atoms with E-state index >= 15 is 0 Å². The van der Waals surface area contributed by atoms with Crippen LogP contribution in [-0.4, -0.2) is 31.6 Å². The minimum atomic E-state index is -4.79. The van der Waals surface area contributed by atoms with E-state index in [1.165, 1.54) is 41.9 Å². The summed E-state index contributed by atoms with van der Waals surface area (Å²) >= 11 is 0. The SMILES string of the molecule is CC(C)(CC(=O)NO)CS(=O)(=O)c1ccc(Oc2ccc(OC(F)(F)F)cc2)cc1. The van der Waals surface area contributed by atoms with Crippen molar-refractivity contribution in [2.45, 2.75) is 31.5 Å². The Labute approximate surface area is 171 Å². The molecule has 0 radical (unpaired) electrons. The summed E-state index contributed by atoms with van der Waals surface area (Å²) in [5.74, 6) is -0.901. The van der Waals surface area contributed by atoms with Crippen molar-refractivity contribution in [2.24, 2.45) is 5.41 Å². The van der Waals surface area contributed by atoms with Crippen molar-refractivity contribution >= 4 is 15.7 Å². The fourth-order valence-electron chi connectivity index (χ4n) is 2.68. The molecular formula is C19H20F3NO6S. The average Bonchev–Trinajstić information content (AvgIpc) is 2.61. The fourth-order valence-corrected chi connectivity index (χ4v) is 4.53. The van der Waals surface area contributed by atoms with E-state index in [1.54, 1.807) is 13.8 Å². The topological polar surface area (TPSA) is 102 Å². The van der Waals surface area contributed by atoms with Gasteiger partial charge in [0.1, 0.15) is 17.2 Å². The molecule has 2 N–H and O–H groups in total. The lowest BCUT2D eigenvalue weighted by Crippen LogP contribution is -2.31. The Balaban J connectivity index is 2.06. The third-order valence-corrected chi connectivity index (χ3v) is 5.97. The van der Waals surface area contributed by atoms with Crippen molar-refractivity contribution in [1.29, 1.82) is 0 Å². The number of ether oxygens (including phenoxy) is 2. The second-order valence-corrected chi connectivity index (χ2v) is 9.22. The number of amides is 1. The van der Waals surface area contributed by atoms with Crippen molar-refractivity contribution in [1.82, 2.24) is 5.48 Å². The number of benzene rings is 2. The third-order valence-electron chi connectivity index (χ3n) is 3.82. The van der Waals surface area contributed by atoms with Gasteiger partial charge in [0.15, 0.2) is 9.84 Å². The zero-order chi connectivity index (χ0) is 22.6. The van der Waals surface area contributed by atoms with Crippen LogP contribution in [0.2, 0.25) is 0 Å². The molecule has 0 bridgehead atoms. The summed E-state index contributed by atoms with van der Waals surface area (Å²) in [6.07, 6.45) is -4.97. The van der Waals surface area contributed by atoms with Gasteiger partial charge < -0.3 is 9.47 Å². The number of sulfone groups is 1. The first kappa shape index (κ1) is 23.5. The number of alkyl halides is 3. The molecule has 2 aromatic carbocycles. The Bertz CT molecular complexity index is 971. The monoisotopic (exact) mass is 447 g/mol. The highest BCUT2D eigenvalue weighted by atomic mass is 32.2. The second kappa shape index (κ2) is 8.92. The number of nitrogens with one attached hydrogen (secondary N) is 1. The van der Waals surface area contributed by atoms with Gasteiger partial charge in [0, 0.05) is 6.42 Å². The molecule has 0 fully saturated rings. The Morgan fingerprint density at radius 2 is 1.43 bits per heavy atom. The van der Waals surface area contributed by atoms with Gasteiger partial charge in [0.2, 0.25) is 5.91 Å². The van der Waals surface area contributed by atoms with Gasteiger partial charge in [0.25, 0.3) is 0 Å². The minimum Gasteiger partial charge on any atom is -0.457 e. The lowest BCUT2D eigenvalue weighted by atomic mass is 9.92. The molecule has 2 aromatic rings. The quantitative estimate of drug-likeness (QED) is 0.467. The van der Waals surface area contributed by atoms with E-state index in [-0.39, 0.29) is 28.6 Å². The maximum atomic E-state index is 12.6. The van der Waals surface area contributed by atoms with E-state index in [1.807, 2.05) is 0 Å². The van der Waals surface area contributed by atoms with Crippen LogP contribution in [0, 0.1) is 5.41 Å². The van der Waals surface area contributed by atoms with Crippen molar-refractivity contribution in [2.75, 3.05) is 5.75 Å². The van der Waals surface area contributed by atoms with Gasteiger partial charge in [-0.05, 0) is 53.9 Å². The Morgan fingerprint density at radius 1 is 0.967 bits per heavy atom. The summed E-state index contributed by atoms with van der Waals surface area (Å²) in [4.78, 5) is 11.3. The van der Waals surface area contributed by atoms with Crippen molar-refractivity contribution in [3.63, 3.8) is 0 Å². The van der Waals surface area contributed by atoms with E-state index in [9.17, 15) is 26.4 Å². The van der Waals surface area contributed by atoms with Gasteiger partial charge in [-0.15, -0.1) is 13.2 Å². The van der Waals surface area contributed by atoms with Gasteiger partial charge in [-0.25, -0.2) is 13.9 Å². The Hall–Kier alpha value is -2.79. The summed E-state index contributed by atoms with van der Waals surface area (Å²) in [5, 5.41) is 8.61. The van der Waals surface area contributed by atoms with Gasteiger partial charge in [-0.2, -0.15) is 0 Å². The molecule has 0 spiro atoms. The van der Waals surface area contributed by atoms with E-state index in [4.69, 9.17) is 9.94 Å². The normalized spacial score (nSPS) is 12.3. The van der Waals surface area contributed by atoms with Gasteiger partial charge in [0.05, 0.1) is 10.6 Å². The van der Waals surface area contributed by atoms with Crippen LogP contribution >= 0.6 is 0 Å². The fraction of sp³-hybridized carbons (Fsp3) is 0.316. The molecular weight excluding hydrogens is 427 g/mol. The van der Waals surface area contributed by atoms with E-state index < -0.39 is 33.3 Å². The van der Waals surface area contributed by atoms with Crippen molar-refractivity contribution in [3.05, 3.63) is 48.5 Å². The van der Waals surface area contributed by atoms with Crippen LogP contribution in [-0.2, 0) is 14.6 Å². The van der Waals surface area contributed by atoms with Crippen molar-refractivity contribution < 1.29 is 41.1 Å². The largest absolute Gasteiger partial charge is 0.573 e. The second-order valence-electron chi connectivity index (χ2n) is 7.23. The van der Waals surface area contributed by atoms with Crippen LogP contribution < -0.4 is 15.0 Å². The van der Waals surface area contributed by atoms with E-state index in [0.717, 1.165) is 12.1 Å². The molecule has 0 aliphatic heterocycles. The minimum absolute atomic E-state index is 0.0151. The molecule has 0 aliphatic carbocycles. The summed E-state index contributed by atoms with van der Waals surface area (Å²) in [7, 11) is -3.72. The van der Waals surface area contributed by atoms with E-state index in [0.29, 0.717) is 0 Å². The van der Waals surface area contributed by atoms with Gasteiger partial charge in [-0.3, -0.25) is 10.0 Å². The zero-order valence-corrected chi connectivity index (χ0v) is 16.9.